The van der Waals surface area contributed by atoms with Gasteiger partial charge in [-0.3, -0.25) is 4.79 Å². The first-order valence-corrected chi connectivity index (χ1v) is 8.89. The molecule has 0 atom stereocenters. The Kier molecular flexibility index (Phi) is 4.30. The van der Waals surface area contributed by atoms with Crippen molar-refractivity contribution in [2.24, 2.45) is 0 Å². The summed E-state index contributed by atoms with van der Waals surface area (Å²) in [6.07, 6.45) is 4.55. The number of carboxylic acids is 1. The molecule has 0 bridgehead atoms. The number of carbonyl (C=O) groups is 1. The second kappa shape index (κ2) is 6.19. The third-order valence-corrected chi connectivity index (χ3v) is 5.64. The lowest BCUT2D eigenvalue weighted by Gasteiger charge is -2.06. The summed E-state index contributed by atoms with van der Waals surface area (Å²) in [6, 6.07) is 2.23. The zero-order valence-corrected chi connectivity index (χ0v) is 13.5. The fraction of sp³-hybridized carbons (Fsp3) is 0.500. The van der Waals surface area contributed by atoms with Crippen molar-refractivity contribution in [3.63, 3.8) is 0 Å². The first-order valence-electron chi connectivity index (χ1n) is 7.08. The van der Waals surface area contributed by atoms with Gasteiger partial charge in [-0.1, -0.05) is 18.7 Å². The van der Waals surface area contributed by atoms with Crippen LogP contribution in [0.3, 0.4) is 0 Å². The molecule has 3 rings (SSSR count). The van der Waals surface area contributed by atoms with Crippen molar-refractivity contribution in [3.8, 4) is 10.7 Å². The maximum atomic E-state index is 10.7. The van der Waals surface area contributed by atoms with E-state index in [-0.39, 0.29) is 5.75 Å². The highest BCUT2D eigenvalue weighted by atomic mass is 32.2. The molecule has 1 N–H and O–H groups in total. The van der Waals surface area contributed by atoms with Gasteiger partial charge in [0, 0.05) is 11.4 Å². The number of carboxylic acid groups (broad SMARTS) is 1. The Hall–Kier alpha value is -1.34. The summed E-state index contributed by atoms with van der Waals surface area (Å²) in [5.41, 5.74) is 1.45. The van der Waals surface area contributed by atoms with Crippen molar-refractivity contribution in [2.75, 3.05) is 5.75 Å². The molecule has 1 aliphatic carbocycles. The molecule has 5 nitrogen and oxygen atoms in total. The predicted octanol–water partition coefficient (Wildman–Crippen LogP) is 3.08. The molecular formula is C14H17N3O2S2. The molecule has 2 aromatic rings. The van der Waals surface area contributed by atoms with Crippen LogP contribution < -0.4 is 0 Å². The van der Waals surface area contributed by atoms with Gasteiger partial charge in [0.05, 0.1) is 10.6 Å². The van der Waals surface area contributed by atoms with Crippen LogP contribution in [0.2, 0.25) is 0 Å². The number of rotatable bonds is 6. The van der Waals surface area contributed by atoms with Gasteiger partial charge < -0.3 is 9.67 Å². The summed E-state index contributed by atoms with van der Waals surface area (Å²) in [6.45, 7) is 2.91. The summed E-state index contributed by atoms with van der Waals surface area (Å²) in [7, 11) is 0. The third kappa shape index (κ3) is 2.98. The molecule has 0 aromatic carbocycles. The Morgan fingerprint density at radius 2 is 2.33 bits per heavy atom. The van der Waals surface area contributed by atoms with Crippen molar-refractivity contribution in [2.45, 2.75) is 44.3 Å². The number of hydrogen-bond donors (Lipinski definition) is 1. The number of thiophene rings is 1. The second-order valence-corrected chi connectivity index (χ2v) is 7.13. The molecule has 0 amide bonds. The Morgan fingerprint density at radius 1 is 1.48 bits per heavy atom. The van der Waals surface area contributed by atoms with Crippen molar-refractivity contribution >= 4 is 29.1 Å². The minimum Gasteiger partial charge on any atom is -0.481 e. The zero-order chi connectivity index (χ0) is 14.8. The zero-order valence-electron chi connectivity index (χ0n) is 11.8. The lowest BCUT2D eigenvalue weighted by molar-refractivity contribution is -0.133. The lowest BCUT2D eigenvalue weighted by atomic mass is 10.2. The fourth-order valence-corrected chi connectivity index (χ4v) is 4.50. The van der Waals surface area contributed by atoms with Gasteiger partial charge in [-0.2, -0.15) is 0 Å². The van der Waals surface area contributed by atoms with Crippen LogP contribution in [0.1, 0.15) is 30.2 Å². The minimum absolute atomic E-state index is 0.0167. The van der Waals surface area contributed by atoms with Gasteiger partial charge >= 0.3 is 5.97 Å². The molecule has 0 radical (unpaired) electrons. The molecule has 21 heavy (non-hydrogen) atoms. The average Bonchev–Trinajstić information content (AvgIpc) is 3.09. The van der Waals surface area contributed by atoms with E-state index in [2.05, 4.69) is 27.8 Å². The number of hydrogen-bond acceptors (Lipinski definition) is 5. The van der Waals surface area contributed by atoms with Crippen LogP contribution >= 0.6 is 23.1 Å². The largest absolute Gasteiger partial charge is 0.481 e. The van der Waals surface area contributed by atoms with Gasteiger partial charge in [-0.05, 0) is 37.3 Å². The van der Waals surface area contributed by atoms with Gasteiger partial charge in [0.2, 0.25) is 0 Å². The predicted molar refractivity (Wildman–Crippen MR) is 84.0 cm³/mol. The summed E-state index contributed by atoms with van der Waals surface area (Å²) >= 11 is 3.04. The van der Waals surface area contributed by atoms with Crippen molar-refractivity contribution < 1.29 is 9.90 Å². The molecule has 0 aliphatic heterocycles. The maximum Gasteiger partial charge on any atom is 0.313 e. The van der Waals surface area contributed by atoms with Gasteiger partial charge in [0.25, 0.3) is 0 Å². The van der Waals surface area contributed by atoms with Gasteiger partial charge in [0.1, 0.15) is 0 Å². The topological polar surface area (TPSA) is 68.0 Å². The fourth-order valence-electron chi connectivity index (χ4n) is 2.57. The Labute approximate surface area is 131 Å². The van der Waals surface area contributed by atoms with E-state index in [0.29, 0.717) is 5.16 Å². The van der Waals surface area contributed by atoms with E-state index in [1.54, 1.807) is 11.3 Å². The summed E-state index contributed by atoms with van der Waals surface area (Å²) in [5.74, 6) is 0.0647. The molecule has 112 valence electrons. The number of fused-ring (bicyclic) bond motifs is 1. The Morgan fingerprint density at radius 3 is 3.05 bits per heavy atom. The smallest absolute Gasteiger partial charge is 0.313 e. The molecule has 0 spiro atoms. The Bertz CT molecular complexity index is 642. The highest BCUT2D eigenvalue weighted by Crippen LogP contribution is 2.36. The molecule has 0 unspecified atom stereocenters. The number of aromatic nitrogens is 3. The molecule has 0 saturated carbocycles. The van der Waals surface area contributed by atoms with E-state index in [0.717, 1.165) is 30.1 Å². The highest BCUT2D eigenvalue weighted by molar-refractivity contribution is 7.99. The van der Waals surface area contributed by atoms with Crippen LogP contribution in [-0.2, 0) is 24.2 Å². The summed E-state index contributed by atoms with van der Waals surface area (Å²) in [4.78, 5) is 13.4. The first kappa shape index (κ1) is 14.6. The quantitative estimate of drug-likeness (QED) is 0.827. The molecule has 7 heteroatoms. The van der Waals surface area contributed by atoms with Crippen molar-refractivity contribution in [1.29, 1.82) is 0 Å². The van der Waals surface area contributed by atoms with Gasteiger partial charge in [-0.25, -0.2) is 0 Å². The molecule has 1 aliphatic rings. The number of thioether (sulfide) groups is 1. The Balaban J connectivity index is 1.91. The molecule has 2 aromatic heterocycles. The van der Waals surface area contributed by atoms with Gasteiger partial charge in [0.15, 0.2) is 11.0 Å². The second-order valence-electron chi connectivity index (χ2n) is 5.05. The number of nitrogens with zero attached hydrogens (tertiary/aromatic N) is 3. The average molecular weight is 323 g/mol. The molecule has 0 saturated heterocycles. The number of aryl methyl sites for hydroxylation is 2. The minimum atomic E-state index is -0.831. The maximum absolute atomic E-state index is 10.7. The van der Waals surface area contributed by atoms with E-state index >= 15 is 0 Å². The van der Waals surface area contributed by atoms with Crippen LogP contribution in [0.25, 0.3) is 10.7 Å². The van der Waals surface area contributed by atoms with Crippen LogP contribution in [-0.4, -0.2) is 31.6 Å². The SMILES string of the molecule is CCCn1c(SCC(=O)O)nnc1-c1cc2c(s1)CCC2. The standard InChI is InChI=1S/C14H17N3O2S2/c1-2-6-17-13(15-16-14(17)20-8-12(18)19)11-7-9-4-3-5-10(9)21-11/h7H,2-6,8H2,1H3,(H,18,19). The van der Waals surface area contributed by atoms with E-state index in [9.17, 15) is 4.79 Å². The van der Waals surface area contributed by atoms with Crippen molar-refractivity contribution in [3.05, 3.63) is 16.5 Å². The van der Waals surface area contributed by atoms with E-state index in [1.807, 2.05) is 0 Å². The molecule has 2 heterocycles. The van der Waals surface area contributed by atoms with Gasteiger partial charge in [-0.15, -0.1) is 21.5 Å². The van der Waals surface area contributed by atoms with Crippen molar-refractivity contribution in [1.82, 2.24) is 14.8 Å². The lowest BCUT2D eigenvalue weighted by Crippen LogP contribution is -2.04. The highest BCUT2D eigenvalue weighted by Gasteiger charge is 2.20. The van der Waals surface area contributed by atoms with Crippen LogP contribution in [0, 0.1) is 0 Å². The monoisotopic (exact) mass is 323 g/mol. The van der Waals surface area contributed by atoms with E-state index in [1.165, 1.54) is 35.0 Å². The van der Waals surface area contributed by atoms with Crippen LogP contribution in [0.4, 0.5) is 0 Å². The normalized spacial score (nSPS) is 13.6. The van der Waals surface area contributed by atoms with E-state index in [4.69, 9.17) is 5.11 Å². The molecular weight excluding hydrogens is 306 g/mol. The third-order valence-electron chi connectivity index (χ3n) is 3.46. The summed E-state index contributed by atoms with van der Waals surface area (Å²) < 4.78 is 2.05. The van der Waals surface area contributed by atoms with Crippen LogP contribution in [0.5, 0.6) is 0 Å². The first-order chi connectivity index (χ1) is 10.2. The number of aliphatic carboxylic acids is 1. The summed E-state index contributed by atoms with van der Waals surface area (Å²) in [5, 5.41) is 18.0. The molecule has 0 fully saturated rings. The van der Waals surface area contributed by atoms with E-state index < -0.39 is 5.97 Å². The van der Waals surface area contributed by atoms with Crippen LogP contribution in [0.15, 0.2) is 11.2 Å².